The highest BCUT2D eigenvalue weighted by Crippen LogP contribution is 2.42. The monoisotopic (exact) mass is 626 g/mol. The molecule has 3 aromatic heterocycles. The van der Waals surface area contributed by atoms with Gasteiger partial charge in [-0.1, -0.05) is 127 Å². The maximum Gasteiger partial charge on any atom is 0.227 e. The molecule has 10 aromatic rings. The summed E-state index contributed by atoms with van der Waals surface area (Å²) in [7, 11) is 0. The molecule has 0 atom stereocenters. The minimum atomic E-state index is 0.570. The Morgan fingerprint density at radius 3 is 1.69 bits per heavy atom. The van der Waals surface area contributed by atoms with E-state index in [9.17, 15) is 0 Å². The fraction of sp³-hybridized carbons (Fsp3) is 0. The predicted octanol–water partition coefficient (Wildman–Crippen LogP) is 11.3. The fourth-order valence-electron chi connectivity index (χ4n) is 6.99. The van der Waals surface area contributed by atoms with E-state index in [-0.39, 0.29) is 0 Å². The molecule has 228 valence electrons. The molecule has 0 N–H and O–H groups in total. The van der Waals surface area contributed by atoms with E-state index in [0.29, 0.717) is 23.2 Å². The highest BCUT2D eigenvalue weighted by atomic mass is 16.3. The number of benzene rings is 7. The first-order valence-corrected chi connectivity index (χ1v) is 16.3. The molecule has 0 aliphatic rings. The molecule has 49 heavy (non-hydrogen) atoms. The van der Waals surface area contributed by atoms with Crippen LogP contribution < -0.4 is 0 Å². The van der Waals surface area contributed by atoms with Crippen molar-refractivity contribution in [1.29, 1.82) is 0 Å². The summed E-state index contributed by atoms with van der Waals surface area (Å²) in [5.74, 6) is 1.78. The summed E-state index contributed by atoms with van der Waals surface area (Å²) in [5.41, 5.74) is 7.00. The summed E-state index contributed by atoms with van der Waals surface area (Å²) in [4.78, 5) is 20.2. The Bertz CT molecular complexity index is 2820. The average Bonchev–Trinajstić information content (AvgIpc) is 3.54. The van der Waals surface area contributed by atoms with Crippen LogP contribution in [-0.4, -0.2) is 19.9 Å². The zero-order valence-electron chi connectivity index (χ0n) is 26.2. The zero-order chi connectivity index (χ0) is 32.3. The van der Waals surface area contributed by atoms with E-state index in [1.807, 2.05) is 78.9 Å². The second-order valence-electron chi connectivity index (χ2n) is 12.3. The lowest BCUT2D eigenvalue weighted by Gasteiger charge is -2.13. The molecule has 0 radical (unpaired) electrons. The minimum absolute atomic E-state index is 0.570. The third kappa shape index (κ3) is 4.55. The Morgan fingerprint density at radius 2 is 0.959 bits per heavy atom. The molecule has 0 bridgehead atoms. The number of hydrogen-bond acceptors (Lipinski definition) is 5. The zero-order valence-corrected chi connectivity index (χ0v) is 26.2. The molecule has 0 spiro atoms. The van der Waals surface area contributed by atoms with E-state index in [1.165, 1.54) is 16.2 Å². The third-order valence-corrected chi connectivity index (χ3v) is 9.29. The van der Waals surface area contributed by atoms with Gasteiger partial charge in [0.1, 0.15) is 5.58 Å². The molecule has 7 aromatic carbocycles. The van der Waals surface area contributed by atoms with Crippen LogP contribution in [0.3, 0.4) is 0 Å². The van der Waals surface area contributed by atoms with Crippen LogP contribution in [0.1, 0.15) is 0 Å². The van der Waals surface area contributed by atoms with Crippen molar-refractivity contribution in [2.24, 2.45) is 0 Å². The number of furan rings is 1. The molecule has 0 aliphatic heterocycles. The van der Waals surface area contributed by atoms with Crippen LogP contribution in [-0.2, 0) is 0 Å². The summed E-state index contributed by atoms with van der Waals surface area (Å²) >= 11 is 0. The van der Waals surface area contributed by atoms with Gasteiger partial charge in [0.2, 0.25) is 5.71 Å². The fourth-order valence-corrected chi connectivity index (χ4v) is 6.99. The molecular formula is C44H26N4O. The lowest BCUT2D eigenvalue weighted by molar-refractivity contribution is 0.656. The molecule has 0 unspecified atom stereocenters. The molecule has 3 heterocycles. The van der Waals surface area contributed by atoms with Gasteiger partial charge in [-0.25, -0.2) is 19.9 Å². The van der Waals surface area contributed by atoms with Crippen LogP contribution >= 0.6 is 0 Å². The van der Waals surface area contributed by atoms with Crippen LogP contribution in [0.4, 0.5) is 0 Å². The topological polar surface area (TPSA) is 64.7 Å². The van der Waals surface area contributed by atoms with Crippen molar-refractivity contribution >= 4 is 54.5 Å². The summed E-state index contributed by atoms with van der Waals surface area (Å²) < 4.78 is 6.63. The van der Waals surface area contributed by atoms with E-state index in [0.717, 1.165) is 60.5 Å². The van der Waals surface area contributed by atoms with Gasteiger partial charge in [0, 0.05) is 32.8 Å². The molecular weight excluding hydrogens is 601 g/mol. The van der Waals surface area contributed by atoms with Gasteiger partial charge in [-0.15, -0.1) is 0 Å². The highest BCUT2D eigenvalue weighted by molar-refractivity contribution is 6.17. The molecule has 0 aliphatic carbocycles. The third-order valence-electron chi connectivity index (χ3n) is 9.29. The van der Waals surface area contributed by atoms with Crippen molar-refractivity contribution in [3.05, 3.63) is 158 Å². The van der Waals surface area contributed by atoms with E-state index >= 15 is 0 Å². The first-order valence-electron chi connectivity index (χ1n) is 16.3. The smallest absolute Gasteiger partial charge is 0.227 e. The van der Waals surface area contributed by atoms with Gasteiger partial charge in [0.15, 0.2) is 17.5 Å². The minimum Gasteiger partial charge on any atom is -0.438 e. The summed E-state index contributed by atoms with van der Waals surface area (Å²) in [6.45, 7) is 0. The van der Waals surface area contributed by atoms with Crippen LogP contribution in [0.25, 0.3) is 99.8 Å². The summed E-state index contributed by atoms with van der Waals surface area (Å²) in [5, 5.41) is 7.64. The Labute approximate surface area is 281 Å². The number of fused-ring (bicyclic) bond motifs is 7. The number of pyridine rings is 1. The van der Waals surface area contributed by atoms with Crippen molar-refractivity contribution in [1.82, 2.24) is 19.9 Å². The molecule has 0 fully saturated rings. The van der Waals surface area contributed by atoms with Gasteiger partial charge in [-0.2, -0.15) is 0 Å². The molecule has 0 saturated heterocycles. The number of hydrogen-bond donors (Lipinski definition) is 0. The van der Waals surface area contributed by atoms with E-state index in [2.05, 4.69) is 78.9 Å². The van der Waals surface area contributed by atoms with Gasteiger partial charge < -0.3 is 4.42 Å². The van der Waals surface area contributed by atoms with Crippen LogP contribution in [0, 0.1) is 0 Å². The molecule has 0 amide bonds. The Hall–Kier alpha value is -6.72. The Balaban J connectivity index is 1.33. The van der Waals surface area contributed by atoms with Crippen LogP contribution in [0.15, 0.2) is 162 Å². The van der Waals surface area contributed by atoms with E-state index < -0.39 is 0 Å². The lowest BCUT2D eigenvalue weighted by atomic mass is 9.91. The molecule has 0 saturated carbocycles. The standard InChI is InChI=1S/C44H26N4O/c1-3-13-27(14-4-1)41-46-42(28-15-5-2-6-16-28)48-43(47-41)36-25-31(35-23-29-17-7-9-19-32(29)33-20-10-11-21-34(33)35)26-39-40(36)37-24-30-18-8-12-22-38(30)45-44(37)49-39/h1-26H. The van der Waals surface area contributed by atoms with Crippen molar-refractivity contribution in [3.63, 3.8) is 0 Å². The lowest BCUT2D eigenvalue weighted by Crippen LogP contribution is -2.00. The van der Waals surface area contributed by atoms with E-state index in [1.54, 1.807) is 0 Å². The van der Waals surface area contributed by atoms with Crippen molar-refractivity contribution in [2.45, 2.75) is 0 Å². The second-order valence-corrected chi connectivity index (χ2v) is 12.3. The highest BCUT2D eigenvalue weighted by Gasteiger charge is 2.21. The quantitative estimate of drug-likeness (QED) is 0.182. The van der Waals surface area contributed by atoms with Gasteiger partial charge in [-0.3, -0.25) is 0 Å². The summed E-state index contributed by atoms with van der Waals surface area (Å²) in [6.07, 6.45) is 0. The first kappa shape index (κ1) is 27.4. The largest absolute Gasteiger partial charge is 0.438 e. The maximum absolute atomic E-state index is 6.63. The normalized spacial score (nSPS) is 11.7. The van der Waals surface area contributed by atoms with Gasteiger partial charge in [-0.05, 0) is 63.0 Å². The first-order chi connectivity index (χ1) is 24.3. The molecule has 5 nitrogen and oxygen atoms in total. The maximum atomic E-state index is 6.63. The number of nitrogens with zero attached hydrogens (tertiary/aromatic N) is 4. The Kier molecular flexibility index (Phi) is 6.11. The summed E-state index contributed by atoms with van der Waals surface area (Å²) in [6, 6.07) is 54.2. The van der Waals surface area contributed by atoms with Crippen molar-refractivity contribution in [3.8, 4) is 45.3 Å². The number of rotatable bonds is 4. The van der Waals surface area contributed by atoms with Crippen LogP contribution in [0.2, 0.25) is 0 Å². The van der Waals surface area contributed by atoms with Crippen molar-refractivity contribution < 1.29 is 4.42 Å². The van der Waals surface area contributed by atoms with Gasteiger partial charge >= 0.3 is 0 Å². The van der Waals surface area contributed by atoms with Gasteiger partial charge in [0.05, 0.1) is 5.52 Å². The number of aromatic nitrogens is 4. The van der Waals surface area contributed by atoms with Crippen LogP contribution in [0.5, 0.6) is 0 Å². The predicted molar refractivity (Wildman–Crippen MR) is 199 cm³/mol. The van der Waals surface area contributed by atoms with E-state index in [4.69, 9.17) is 24.4 Å². The average molecular weight is 627 g/mol. The Morgan fingerprint density at radius 1 is 0.367 bits per heavy atom. The molecule has 10 rings (SSSR count). The number of para-hydroxylation sites is 1. The SMILES string of the molecule is c1ccc(-c2nc(-c3ccccc3)nc(-c3cc(-c4cc5ccccc5c5ccccc45)cc4oc5nc6ccccc6cc5c34)n2)cc1. The van der Waals surface area contributed by atoms with Crippen molar-refractivity contribution in [2.75, 3.05) is 0 Å². The second kappa shape index (κ2) is 10.9. The van der Waals surface area contributed by atoms with Gasteiger partial charge in [0.25, 0.3) is 0 Å². The molecule has 5 heteroatoms.